The second-order valence-electron chi connectivity index (χ2n) is 6.25. The molecule has 0 bridgehead atoms. The summed E-state index contributed by atoms with van der Waals surface area (Å²) in [6, 6.07) is 2.34. The molecule has 0 aromatic carbocycles. The molecule has 0 radical (unpaired) electrons. The van der Waals surface area contributed by atoms with Crippen molar-refractivity contribution in [1.82, 2.24) is 9.88 Å². The molecule has 1 rings (SSSR count). The first kappa shape index (κ1) is 15.0. The molecule has 3 nitrogen and oxygen atoms in total. The van der Waals surface area contributed by atoms with Crippen LogP contribution in [0.2, 0.25) is 0 Å². The van der Waals surface area contributed by atoms with Gasteiger partial charge in [-0.15, -0.1) is 0 Å². The van der Waals surface area contributed by atoms with E-state index in [1.54, 1.807) is 0 Å². The summed E-state index contributed by atoms with van der Waals surface area (Å²) in [7, 11) is 0. The predicted octanol–water partition coefficient (Wildman–Crippen LogP) is 3.04. The van der Waals surface area contributed by atoms with E-state index >= 15 is 0 Å². The van der Waals surface area contributed by atoms with E-state index in [2.05, 4.69) is 37.6 Å². The normalized spacial score (nSPS) is 12.2. The fourth-order valence-electron chi connectivity index (χ4n) is 2.47. The molecule has 0 atom stereocenters. The lowest BCUT2D eigenvalue weighted by molar-refractivity contribution is 0.0987. The first-order valence-corrected chi connectivity index (χ1v) is 6.60. The Kier molecular flexibility index (Phi) is 4.38. The molecule has 3 heteroatoms. The maximum atomic E-state index is 12.2. The second kappa shape index (κ2) is 5.27. The zero-order valence-electron chi connectivity index (χ0n) is 12.7. The number of ketones is 1. The summed E-state index contributed by atoms with van der Waals surface area (Å²) < 4.78 is 2.23. The highest BCUT2D eigenvalue weighted by Gasteiger charge is 2.22. The Bertz CT molecular complexity index is 436. The van der Waals surface area contributed by atoms with E-state index in [1.165, 1.54) is 0 Å². The molecule has 1 heterocycles. The molecule has 102 valence electrons. The van der Waals surface area contributed by atoms with Crippen LogP contribution in [0.3, 0.4) is 0 Å². The van der Waals surface area contributed by atoms with Crippen LogP contribution in [-0.2, 0) is 5.54 Å². The average molecular weight is 250 g/mol. The topological polar surface area (TPSA) is 34.0 Å². The van der Waals surface area contributed by atoms with E-state index in [0.717, 1.165) is 17.0 Å². The Hall–Kier alpha value is -1.09. The highest BCUT2D eigenvalue weighted by Crippen LogP contribution is 2.24. The number of carbonyl (C=O) groups is 1. The number of nitrogens with zero attached hydrogens (tertiary/aromatic N) is 1. The summed E-state index contributed by atoms with van der Waals surface area (Å²) in [6.07, 6.45) is 0. The van der Waals surface area contributed by atoms with Crippen LogP contribution < -0.4 is 5.32 Å². The van der Waals surface area contributed by atoms with Crippen LogP contribution in [0, 0.1) is 13.8 Å². The average Bonchev–Trinajstić information content (AvgIpc) is 2.49. The monoisotopic (exact) mass is 250 g/mol. The molecule has 1 aromatic rings. The zero-order chi connectivity index (χ0) is 14.1. The molecule has 0 aliphatic heterocycles. The molecule has 0 aliphatic carbocycles. The third-order valence-electron chi connectivity index (χ3n) is 3.07. The Labute approximate surface area is 111 Å². The van der Waals surface area contributed by atoms with E-state index in [9.17, 15) is 4.79 Å². The summed E-state index contributed by atoms with van der Waals surface area (Å²) in [5.41, 5.74) is 3.07. The van der Waals surface area contributed by atoms with Gasteiger partial charge in [0.05, 0.1) is 6.54 Å². The minimum Gasteiger partial charge on any atom is -0.343 e. The quantitative estimate of drug-likeness (QED) is 0.833. The van der Waals surface area contributed by atoms with Gasteiger partial charge in [0.15, 0.2) is 5.78 Å². The van der Waals surface area contributed by atoms with Gasteiger partial charge in [0.2, 0.25) is 0 Å². The number of hydrogen-bond donors (Lipinski definition) is 1. The van der Waals surface area contributed by atoms with Gasteiger partial charge in [0.25, 0.3) is 0 Å². The minimum absolute atomic E-state index is 0.0121. The Morgan fingerprint density at radius 2 is 1.89 bits per heavy atom. The molecule has 0 amide bonds. The van der Waals surface area contributed by atoms with Crippen LogP contribution in [0.5, 0.6) is 0 Å². The van der Waals surface area contributed by atoms with E-state index in [0.29, 0.717) is 12.6 Å². The predicted molar refractivity (Wildman–Crippen MR) is 76.4 cm³/mol. The molecule has 1 N–H and O–H groups in total. The van der Waals surface area contributed by atoms with Crippen molar-refractivity contribution in [2.45, 2.75) is 60.0 Å². The number of hydrogen-bond acceptors (Lipinski definition) is 2. The van der Waals surface area contributed by atoms with Crippen LogP contribution in [0.1, 0.15) is 56.4 Å². The summed E-state index contributed by atoms with van der Waals surface area (Å²) >= 11 is 0. The summed E-state index contributed by atoms with van der Waals surface area (Å²) in [6.45, 7) is 15.1. The highest BCUT2D eigenvalue weighted by atomic mass is 16.1. The maximum absolute atomic E-state index is 12.2. The van der Waals surface area contributed by atoms with Crippen molar-refractivity contribution in [2.24, 2.45) is 0 Å². The van der Waals surface area contributed by atoms with Gasteiger partial charge in [-0.2, -0.15) is 0 Å². The van der Waals surface area contributed by atoms with Crippen molar-refractivity contribution in [3.8, 4) is 0 Å². The van der Waals surface area contributed by atoms with Gasteiger partial charge in [-0.25, -0.2) is 0 Å². The van der Waals surface area contributed by atoms with Gasteiger partial charge < -0.3 is 9.88 Å². The summed E-state index contributed by atoms with van der Waals surface area (Å²) in [4.78, 5) is 12.2. The lowest BCUT2D eigenvalue weighted by Gasteiger charge is -2.25. The standard InChI is InChI=1S/C15H26N2O/c1-10(2)16-9-14(18)13-8-11(3)17(12(13)4)15(5,6)7/h8,10,16H,9H2,1-7H3. The van der Waals surface area contributed by atoms with Crippen LogP contribution in [0.25, 0.3) is 0 Å². The van der Waals surface area contributed by atoms with Gasteiger partial charge in [0, 0.05) is 28.5 Å². The molecule has 0 spiro atoms. The molecule has 1 aromatic heterocycles. The molecule has 0 saturated heterocycles. The Morgan fingerprint density at radius 1 is 1.33 bits per heavy atom. The maximum Gasteiger partial charge on any atom is 0.178 e. The number of carbonyl (C=O) groups excluding carboxylic acids is 1. The van der Waals surface area contributed by atoms with Gasteiger partial charge in [-0.3, -0.25) is 4.79 Å². The summed E-state index contributed by atoms with van der Waals surface area (Å²) in [5, 5.41) is 3.18. The SMILES string of the molecule is Cc1cc(C(=O)CNC(C)C)c(C)n1C(C)(C)C. The smallest absolute Gasteiger partial charge is 0.178 e. The van der Waals surface area contributed by atoms with E-state index in [4.69, 9.17) is 0 Å². The number of nitrogens with one attached hydrogen (secondary N) is 1. The van der Waals surface area contributed by atoms with Gasteiger partial charge in [0.1, 0.15) is 0 Å². The number of aryl methyl sites for hydroxylation is 1. The van der Waals surface area contributed by atoms with E-state index in [-0.39, 0.29) is 11.3 Å². The molecule has 0 saturated carbocycles. The van der Waals surface area contributed by atoms with Crippen molar-refractivity contribution in [3.05, 3.63) is 23.0 Å². The zero-order valence-corrected chi connectivity index (χ0v) is 12.7. The number of rotatable bonds is 4. The number of Topliss-reactive ketones (excluding diaryl/α,β-unsaturated/α-hetero) is 1. The van der Waals surface area contributed by atoms with Crippen molar-refractivity contribution in [2.75, 3.05) is 6.54 Å². The van der Waals surface area contributed by atoms with Gasteiger partial charge in [-0.05, 0) is 40.7 Å². The van der Waals surface area contributed by atoms with Crippen molar-refractivity contribution in [1.29, 1.82) is 0 Å². The number of aromatic nitrogens is 1. The third kappa shape index (κ3) is 3.22. The lowest BCUT2D eigenvalue weighted by atomic mass is 10.1. The molecular weight excluding hydrogens is 224 g/mol. The largest absolute Gasteiger partial charge is 0.343 e. The van der Waals surface area contributed by atoms with Gasteiger partial charge in [-0.1, -0.05) is 13.8 Å². The lowest BCUT2D eigenvalue weighted by Crippen LogP contribution is -2.30. The third-order valence-corrected chi connectivity index (χ3v) is 3.07. The fraction of sp³-hybridized carbons (Fsp3) is 0.667. The van der Waals surface area contributed by atoms with Crippen LogP contribution >= 0.6 is 0 Å². The summed E-state index contributed by atoms with van der Waals surface area (Å²) in [5.74, 6) is 0.173. The van der Waals surface area contributed by atoms with Gasteiger partial charge >= 0.3 is 0 Å². The molecule has 0 fully saturated rings. The minimum atomic E-state index is 0.0121. The van der Waals surface area contributed by atoms with Crippen LogP contribution in [0.15, 0.2) is 6.07 Å². The second-order valence-corrected chi connectivity index (χ2v) is 6.25. The first-order valence-electron chi connectivity index (χ1n) is 6.60. The molecule has 0 unspecified atom stereocenters. The first-order chi connectivity index (χ1) is 8.14. The van der Waals surface area contributed by atoms with Crippen molar-refractivity contribution < 1.29 is 4.79 Å². The Morgan fingerprint density at radius 3 is 2.28 bits per heavy atom. The molecular formula is C15H26N2O. The van der Waals surface area contributed by atoms with E-state index in [1.807, 2.05) is 26.8 Å². The van der Waals surface area contributed by atoms with Crippen molar-refractivity contribution >= 4 is 5.78 Å². The highest BCUT2D eigenvalue weighted by molar-refractivity contribution is 5.99. The van der Waals surface area contributed by atoms with Crippen LogP contribution in [-0.4, -0.2) is 22.9 Å². The molecule has 0 aliphatic rings. The van der Waals surface area contributed by atoms with Crippen molar-refractivity contribution in [3.63, 3.8) is 0 Å². The molecule has 18 heavy (non-hydrogen) atoms. The fourth-order valence-corrected chi connectivity index (χ4v) is 2.47. The van der Waals surface area contributed by atoms with E-state index < -0.39 is 0 Å². The Balaban J connectivity index is 3.02. The van der Waals surface area contributed by atoms with Crippen LogP contribution in [0.4, 0.5) is 0 Å².